The second-order valence-corrected chi connectivity index (χ2v) is 6.00. The van der Waals surface area contributed by atoms with Gasteiger partial charge in [0, 0.05) is 24.9 Å². The molecule has 1 rings (SSSR count). The van der Waals surface area contributed by atoms with E-state index in [4.69, 9.17) is 5.84 Å². The van der Waals surface area contributed by atoms with E-state index in [9.17, 15) is 9.18 Å². The molecule has 0 aliphatic heterocycles. The van der Waals surface area contributed by atoms with Gasteiger partial charge >= 0.3 is 0 Å². The summed E-state index contributed by atoms with van der Waals surface area (Å²) in [4.78, 5) is 12.1. The molecule has 0 aliphatic carbocycles. The van der Waals surface area contributed by atoms with Gasteiger partial charge in [0.25, 0.3) is 5.91 Å². The lowest BCUT2D eigenvalue weighted by molar-refractivity contribution is -0.870. The first-order chi connectivity index (χ1) is 9.33. The standard InChI is InChI=1S/C15H25FN3O/c1-19(2,3)12-4-11-18(17)15(20)14-7-5-13(6-8-14)9-10-16/h5-8H,4,9-12,17H2,1-3H3/q+1. The molecule has 4 nitrogen and oxygen atoms in total. The number of aryl methyl sites for hydroxylation is 1. The fraction of sp³-hybridized carbons (Fsp3) is 0.533. The first-order valence-corrected chi connectivity index (χ1v) is 6.85. The zero-order valence-corrected chi connectivity index (χ0v) is 12.6. The van der Waals surface area contributed by atoms with Crippen molar-refractivity contribution in [2.75, 3.05) is 40.9 Å². The molecule has 20 heavy (non-hydrogen) atoms. The summed E-state index contributed by atoms with van der Waals surface area (Å²) >= 11 is 0. The average molecular weight is 282 g/mol. The minimum Gasteiger partial charge on any atom is -0.331 e. The average Bonchev–Trinajstić information content (AvgIpc) is 2.37. The van der Waals surface area contributed by atoms with Crippen molar-refractivity contribution < 1.29 is 13.7 Å². The number of hydrazine groups is 1. The van der Waals surface area contributed by atoms with Crippen LogP contribution in [0.5, 0.6) is 0 Å². The van der Waals surface area contributed by atoms with E-state index in [0.717, 1.165) is 23.0 Å². The minimum absolute atomic E-state index is 0.196. The van der Waals surface area contributed by atoms with Gasteiger partial charge in [-0.05, 0) is 17.7 Å². The van der Waals surface area contributed by atoms with Gasteiger partial charge in [-0.2, -0.15) is 0 Å². The van der Waals surface area contributed by atoms with Crippen LogP contribution in [0.2, 0.25) is 0 Å². The van der Waals surface area contributed by atoms with Gasteiger partial charge in [-0.3, -0.25) is 14.2 Å². The Hall–Kier alpha value is -1.46. The van der Waals surface area contributed by atoms with Gasteiger partial charge < -0.3 is 4.48 Å². The molecule has 1 aromatic carbocycles. The highest BCUT2D eigenvalue weighted by molar-refractivity contribution is 5.93. The van der Waals surface area contributed by atoms with E-state index in [-0.39, 0.29) is 12.6 Å². The molecule has 0 spiro atoms. The molecule has 0 bridgehead atoms. The Morgan fingerprint density at radius 2 is 1.85 bits per heavy atom. The van der Waals surface area contributed by atoms with E-state index in [1.165, 1.54) is 5.01 Å². The van der Waals surface area contributed by atoms with E-state index < -0.39 is 0 Å². The molecule has 0 unspecified atom stereocenters. The van der Waals surface area contributed by atoms with E-state index in [2.05, 4.69) is 21.1 Å². The predicted octanol–water partition coefficient (Wildman–Crippen LogP) is 1.61. The van der Waals surface area contributed by atoms with Gasteiger partial charge in [0.1, 0.15) is 0 Å². The van der Waals surface area contributed by atoms with Crippen LogP contribution in [0.3, 0.4) is 0 Å². The summed E-state index contributed by atoms with van der Waals surface area (Å²) in [5.74, 6) is 5.60. The van der Waals surface area contributed by atoms with Crippen LogP contribution in [-0.4, -0.2) is 56.3 Å². The molecule has 0 radical (unpaired) electrons. The first-order valence-electron chi connectivity index (χ1n) is 6.85. The number of quaternary nitrogens is 1. The highest BCUT2D eigenvalue weighted by atomic mass is 19.1. The molecule has 0 saturated carbocycles. The van der Waals surface area contributed by atoms with Crippen LogP contribution in [0.1, 0.15) is 22.3 Å². The SMILES string of the molecule is C[N+](C)(C)CCCN(N)C(=O)c1ccc(CCF)cc1. The number of carbonyl (C=O) groups is 1. The largest absolute Gasteiger partial charge is 0.331 e. The smallest absolute Gasteiger partial charge is 0.267 e. The van der Waals surface area contributed by atoms with Gasteiger partial charge in [0.05, 0.1) is 34.4 Å². The van der Waals surface area contributed by atoms with Crippen molar-refractivity contribution in [3.05, 3.63) is 35.4 Å². The number of alkyl halides is 1. The summed E-state index contributed by atoms with van der Waals surface area (Å²) in [5.41, 5.74) is 1.43. The van der Waals surface area contributed by atoms with Gasteiger partial charge in [-0.15, -0.1) is 0 Å². The maximum absolute atomic E-state index is 12.2. The third kappa shape index (κ3) is 5.67. The quantitative estimate of drug-likeness (QED) is 0.357. The number of carbonyl (C=O) groups excluding carboxylic acids is 1. The summed E-state index contributed by atoms with van der Waals surface area (Å²) in [6.45, 7) is 1.10. The van der Waals surface area contributed by atoms with E-state index >= 15 is 0 Å². The van der Waals surface area contributed by atoms with Gasteiger partial charge in [0.2, 0.25) is 0 Å². The summed E-state index contributed by atoms with van der Waals surface area (Å²) in [5, 5.41) is 1.25. The number of hydrogen-bond acceptors (Lipinski definition) is 2. The van der Waals surface area contributed by atoms with Crippen LogP contribution in [0.15, 0.2) is 24.3 Å². The molecule has 0 atom stereocenters. The lowest BCUT2D eigenvalue weighted by atomic mass is 10.1. The fourth-order valence-electron chi connectivity index (χ4n) is 1.91. The topological polar surface area (TPSA) is 46.3 Å². The number of hydrogen-bond donors (Lipinski definition) is 1. The number of benzene rings is 1. The number of nitrogens with zero attached hydrogens (tertiary/aromatic N) is 2. The van der Waals surface area contributed by atoms with Crippen LogP contribution >= 0.6 is 0 Å². The summed E-state index contributed by atoms with van der Waals surface area (Å²) in [7, 11) is 6.31. The van der Waals surface area contributed by atoms with Crippen molar-refractivity contribution >= 4 is 5.91 Å². The van der Waals surface area contributed by atoms with E-state index in [0.29, 0.717) is 18.5 Å². The van der Waals surface area contributed by atoms with Crippen LogP contribution in [0, 0.1) is 0 Å². The van der Waals surface area contributed by atoms with Crippen molar-refractivity contribution in [1.82, 2.24) is 5.01 Å². The highest BCUT2D eigenvalue weighted by Gasteiger charge is 2.14. The van der Waals surface area contributed by atoms with Crippen molar-refractivity contribution in [3.8, 4) is 0 Å². The third-order valence-corrected chi connectivity index (χ3v) is 3.07. The Morgan fingerprint density at radius 1 is 1.25 bits per heavy atom. The number of amides is 1. The molecule has 1 aromatic rings. The number of rotatable bonds is 7. The van der Waals surface area contributed by atoms with Crippen molar-refractivity contribution in [3.63, 3.8) is 0 Å². The number of halogens is 1. The molecule has 0 heterocycles. The molecule has 0 fully saturated rings. The zero-order chi connectivity index (χ0) is 15.2. The lowest BCUT2D eigenvalue weighted by Gasteiger charge is -2.25. The van der Waals surface area contributed by atoms with Crippen LogP contribution < -0.4 is 5.84 Å². The monoisotopic (exact) mass is 282 g/mol. The molecule has 5 heteroatoms. The Kier molecular flexibility index (Phi) is 6.10. The molecule has 112 valence electrons. The maximum atomic E-state index is 12.2. The molecule has 0 aliphatic rings. The molecule has 2 N–H and O–H groups in total. The Balaban J connectivity index is 2.51. The summed E-state index contributed by atoms with van der Waals surface area (Å²) < 4.78 is 13.1. The van der Waals surface area contributed by atoms with Crippen LogP contribution in [0.25, 0.3) is 0 Å². The lowest BCUT2D eigenvalue weighted by Crippen LogP contribution is -2.41. The second kappa shape index (κ2) is 7.36. The van der Waals surface area contributed by atoms with Gasteiger partial charge in [-0.25, -0.2) is 5.84 Å². The van der Waals surface area contributed by atoms with E-state index in [1.807, 2.05) is 0 Å². The van der Waals surface area contributed by atoms with Crippen LogP contribution in [-0.2, 0) is 6.42 Å². The van der Waals surface area contributed by atoms with Gasteiger partial charge in [-0.1, -0.05) is 12.1 Å². The Labute approximate surface area is 120 Å². The molecule has 0 saturated heterocycles. The Morgan fingerprint density at radius 3 is 2.35 bits per heavy atom. The highest BCUT2D eigenvalue weighted by Crippen LogP contribution is 2.08. The zero-order valence-electron chi connectivity index (χ0n) is 12.6. The van der Waals surface area contributed by atoms with Crippen molar-refractivity contribution in [1.29, 1.82) is 0 Å². The Bertz CT molecular complexity index is 426. The van der Waals surface area contributed by atoms with Crippen molar-refractivity contribution in [2.45, 2.75) is 12.8 Å². The summed E-state index contributed by atoms with van der Waals surface area (Å²) in [6, 6.07) is 6.94. The normalized spacial score (nSPS) is 11.4. The molecular weight excluding hydrogens is 257 g/mol. The third-order valence-electron chi connectivity index (χ3n) is 3.07. The van der Waals surface area contributed by atoms with Crippen molar-refractivity contribution in [2.24, 2.45) is 5.84 Å². The predicted molar refractivity (Wildman–Crippen MR) is 78.9 cm³/mol. The molecular formula is C15H25FN3O+. The van der Waals surface area contributed by atoms with Crippen LogP contribution in [0.4, 0.5) is 4.39 Å². The van der Waals surface area contributed by atoms with E-state index in [1.54, 1.807) is 24.3 Å². The second-order valence-electron chi connectivity index (χ2n) is 6.00. The summed E-state index contributed by atoms with van der Waals surface area (Å²) in [6.07, 6.45) is 1.23. The first kappa shape index (κ1) is 16.6. The fourth-order valence-corrected chi connectivity index (χ4v) is 1.91. The van der Waals surface area contributed by atoms with Gasteiger partial charge in [0.15, 0.2) is 0 Å². The minimum atomic E-state index is -0.388. The maximum Gasteiger partial charge on any atom is 0.267 e. The molecule has 0 aromatic heterocycles. The molecule has 1 amide bonds. The number of nitrogens with two attached hydrogens (primary N) is 1.